The Labute approximate surface area is 105 Å². The lowest BCUT2D eigenvalue weighted by molar-refractivity contribution is -0.123. The molecular weight excluding hydrogens is 240 g/mol. The van der Waals surface area contributed by atoms with Gasteiger partial charge < -0.3 is 15.8 Å². The highest BCUT2D eigenvalue weighted by atomic mass is 35.5. The van der Waals surface area contributed by atoms with Gasteiger partial charge >= 0.3 is 0 Å². The van der Waals surface area contributed by atoms with Gasteiger partial charge in [-0.2, -0.15) is 0 Å². The molecule has 0 spiro atoms. The van der Waals surface area contributed by atoms with Crippen molar-refractivity contribution in [1.29, 1.82) is 0 Å². The Morgan fingerprint density at radius 1 is 1.65 bits per heavy atom. The van der Waals surface area contributed by atoms with Gasteiger partial charge in [0.05, 0.1) is 6.10 Å². The van der Waals surface area contributed by atoms with Gasteiger partial charge in [0, 0.05) is 23.7 Å². The Bertz CT molecular complexity index is 438. The van der Waals surface area contributed by atoms with E-state index in [1.165, 1.54) is 0 Å². The average Bonchev–Trinajstić information content (AvgIpc) is 2.61. The summed E-state index contributed by atoms with van der Waals surface area (Å²) >= 11 is 5.90. The number of halogens is 1. The standard InChI is InChI=1S/C12H15ClN2O2/c1-8-12(11(14)16,5-6-17-8)15-10-4-2-3-9(13)7-10/h2-4,7-8,15H,5-6H2,1H3,(H2,14,16). The second-order valence-electron chi connectivity index (χ2n) is 4.23. The number of carbonyl (C=O) groups excluding carboxylic acids is 1. The molecule has 3 N–H and O–H groups in total. The van der Waals surface area contributed by atoms with Crippen LogP contribution in [0.3, 0.4) is 0 Å². The van der Waals surface area contributed by atoms with Crippen LogP contribution in [0.2, 0.25) is 5.02 Å². The maximum absolute atomic E-state index is 11.7. The van der Waals surface area contributed by atoms with Crippen LogP contribution in [0.25, 0.3) is 0 Å². The zero-order valence-electron chi connectivity index (χ0n) is 9.57. The molecule has 4 nitrogen and oxygen atoms in total. The number of benzene rings is 1. The Hall–Kier alpha value is -1.26. The van der Waals surface area contributed by atoms with E-state index >= 15 is 0 Å². The Morgan fingerprint density at radius 3 is 2.94 bits per heavy atom. The van der Waals surface area contributed by atoms with Crippen LogP contribution >= 0.6 is 11.6 Å². The zero-order chi connectivity index (χ0) is 12.5. The van der Waals surface area contributed by atoms with Gasteiger partial charge in [-0.3, -0.25) is 4.79 Å². The van der Waals surface area contributed by atoms with E-state index in [4.69, 9.17) is 22.1 Å². The Balaban J connectivity index is 2.28. The molecule has 1 aromatic carbocycles. The second-order valence-corrected chi connectivity index (χ2v) is 4.67. The Morgan fingerprint density at radius 2 is 2.41 bits per heavy atom. The van der Waals surface area contributed by atoms with Gasteiger partial charge in [-0.1, -0.05) is 17.7 Å². The summed E-state index contributed by atoms with van der Waals surface area (Å²) in [6.45, 7) is 2.37. The van der Waals surface area contributed by atoms with Crippen molar-refractivity contribution in [2.24, 2.45) is 5.73 Å². The van der Waals surface area contributed by atoms with E-state index in [9.17, 15) is 4.79 Å². The van der Waals surface area contributed by atoms with Crippen molar-refractivity contribution in [1.82, 2.24) is 0 Å². The van der Waals surface area contributed by atoms with Gasteiger partial charge in [-0.15, -0.1) is 0 Å². The molecule has 1 heterocycles. The maximum atomic E-state index is 11.7. The molecule has 5 heteroatoms. The molecule has 1 aliphatic rings. The third-order valence-corrected chi connectivity index (χ3v) is 3.43. The van der Waals surface area contributed by atoms with Crippen molar-refractivity contribution in [2.75, 3.05) is 11.9 Å². The largest absolute Gasteiger partial charge is 0.375 e. The lowest BCUT2D eigenvalue weighted by atomic mass is 9.90. The third-order valence-electron chi connectivity index (χ3n) is 3.19. The van der Waals surface area contributed by atoms with Gasteiger partial charge in [0.25, 0.3) is 0 Å². The minimum Gasteiger partial charge on any atom is -0.375 e. The Kier molecular flexibility index (Phi) is 3.26. The lowest BCUT2D eigenvalue weighted by Crippen LogP contribution is -2.55. The monoisotopic (exact) mass is 254 g/mol. The summed E-state index contributed by atoms with van der Waals surface area (Å²) in [5, 5.41) is 3.77. The van der Waals surface area contributed by atoms with Crippen LogP contribution in [0.4, 0.5) is 5.69 Å². The molecule has 92 valence electrons. The number of hydrogen-bond acceptors (Lipinski definition) is 3. The minimum atomic E-state index is -0.843. The van der Waals surface area contributed by atoms with Crippen LogP contribution in [0.5, 0.6) is 0 Å². The summed E-state index contributed by atoms with van der Waals surface area (Å²) in [6.07, 6.45) is 0.315. The van der Waals surface area contributed by atoms with Crippen LogP contribution in [0.15, 0.2) is 24.3 Å². The van der Waals surface area contributed by atoms with Crippen molar-refractivity contribution in [3.63, 3.8) is 0 Å². The molecule has 2 rings (SSSR count). The summed E-state index contributed by atoms with van der Waals surface area (Å²) in [7, 11) is 0. The molecule has 1 aromatic rings. The fourth-order valence-electron chi connectivity index (χ4n) is 2.12. The summed E-state index contributed by atoms with van der Waals surface area (Å²) < 4.78 is 5.44. The highest BCUT2D eigenvalue weighted by Gasteiger charge is 2.46. The first-order valence-electron chi connectivity index (χ1n) is 5.50. The molecule has 0 aromatic heterocycles. The van der Waals surface area contributed by atoms with Crippen LogP contribution < -0.4 is 11.1 Å². The number of ether oxygens (including phenoxy) is 1. The van der Waals surface area contributed by atoms with Crippen molar-refractivity contribution in [3.05, 3.63) is 29.3 Å². The quantitative estimate of drug-likeness (QED) is 0.864. The molecule has 0 bridgehead atoms. The fourth-order valence-corrected chi connectivity index (χ4v) is 2.31. The van der Waals surface area contributed by atoms with E-state index in [1.54, 1.807) is 12.1 Å². The normalized spacial score (nSPS) is 28.0. The van der Waals surface area contributed by atoms with Gasteiger partial charge in [0.1, 0.15) is 5.54 Å². The summed E-state index contributed by atoms with van der Waals surface area (Å²) in [5.74, 6) is -0.400. The number of carbonyl (C=O) groups is 1. The number of rotatable bonds is 3. The minimum absolute atomic E-state index is 0.251. The molecule has 1 amide bonds. The van der Waals surface area contributed by atoms with Crippen molar-refractivity contribution >= 4 is 23.2 Å². The zero-order valence-corrected chi connectivity index (χ0v) is 10.3. The average molecular weight is 255 g/mol. The van der Waals surface area contributed by atoms with E-state index in [0.717, 1.165) is 5.69 Å². The van der Waals surface area contributed by atoms with E-state index in [1.807, 2.05) is 19.1 Å². The predicted octanol–water partition coefficient (Wildman–Crippen LogP) is 1.78. The second kappa shape index (κ2) is 4.55. The molecule has 2 atom stereocenters. The van der Waals surface area contributed by atoms with Crippen LogP contribution in [0, 0.1) is 0 Å². The topological polar surface area (TPSA) is 64.3 Å². The van der Waals surface area contributed by atoms with Crippen molar-refractivity contribution in [3.8, 4) is 0 Å². The van der Waals surface area contributed by atoms with Gasteiger partial charge in [-0.25, -0.2) is 0 Å². The summed E-state index contributed by atoms with van der Waals surface area (Å²) in [5.41, 5.74) is 5.42. The highest BCUT2D eigenvalue weighted by molar-refractivity contribution is 6.30. The molecule has 2 unspecified atom stereocenters. The molecule has 17 heavy (non-hydrogen) atoms. The molecule has 1 fully saturated rings. The molecule has 0 saturated carbocycles. The first kappa shape index (κ1) is 12.2. The molecular formula is C12H15ClN2O2. The van der Waals surface area contributed by atoms with Crippen LogP contribution in [-0.2, 0) is 9.53 Å². The number of anilines is 1. The number of hydrogen-bond donors (Lipinski definition) is 2. The van der Waals surface area contributed by atoms with Crippen molar-refractivity contribution in [2.45, 2.75) is 25.0 Å². The highest BCUT2D eigenvalue weighted by Crippen LogP contribution is 2.30. The third kappa shape index (κ3) is 2.23. The number of amides is 1. The lowest BCUT2D eigenvalue weighted by Gasteiger charge is -2.31. The first-order chi connectivity index (χ1) is 8.04. The van der Waals surface area contributed by atoms with Crippen molar-refractivity contribution < 1.29 is 9.53 Å². The van der Waals surface area contributed by atoms with Gasteiger partial charge in [0.2, 0.25) is 5.91 Å². The van der Waals surface area contributed by atoms with Gasteiger partial charge in [-0.05, 0) is 25.1 Å². The van der Waals surface area contributed by atoms with E-state index < -0.39 is 11.4 Å². The maximum Gasteiger partial charge on any atom is 0.245 e. The van der Waals surface area contributed by atoms with Crippen LogP contribution in [0.1, 0.15) is 13.3 Å². The fraction of sp³-hybridized carbons (Fsp3) is 0.417. The van der Waals surface area contributed by atoms with E-state index in [-0.39, 0.29) is 6.10 Å². The van der Waals surface area contributed by atoms with Crippen LogP contribution in [-0.4, -0.2) is 24.2 Å². The summed E-state index contributed by atoms with van der Waals surface area (Å²) in [6, 6.07) is 7.21. The number of nitrogens with one attached hydrogen (secondary N) is 1. The predicted molar refractivity (Wildman–Crippen MR) is 67.0 cm³/mol. The summed E-state index contributed by atoms with van der Waals surface area (Å²) in [4.78, 5) is 11.7. The molecule has 1 aliphatic heterocycles. The van der Waals surface area contributed by atoms with Gasteiger partial charge in [0.15, 0.2) is 0 Å². The number of primary amides is 1. The number of nitrogens with two attached hydrogens (primary N) is 1. The molecule has 0 radical (unpaired) electrons. The van der Waals surface area contributed by atoms with E-state index in [2.05, 4.69) is 5.32 Å². The molecule has 0 aliphatic carbocycles. The smallest absolute Gasteiger partial charge is 0.245 e. The first-order valence-corrected chi connectivity index (χ1v) is 5.88. The molecule has 1 saturated heterocycles. The van der Waals surface area contributed by atoms with E-state index in [0.29, 0.717) is 18.1 Å². The SMILES string of the molecule is CC1OCCC1(Nc1cccc(Cl)c1)C(N)=O.